The molecule has 3 rings (SSSR count). The van der Waals surface area contributed by atoms with Crippen LogP contribution < -0.4 is 10.2 Å². The molecule has 2 heterocycles. The molecule has 2 aromatic rings. The van der Waals surface area contributed by atoms with Gasteiger partial charge in [0.15, 0.2) is 0 Å². The minimum absolute atomic E-state index is 0.499. The van der Waals surface area contributed by atoms with Gasteiger partial charge in [0.25, 0.3) is 0 Å². The van der Waals surface area contributed by atoms with Crippen molar-refractivity contribution in [3.05, 3.63) is 66.9 Å². The number of hydrogen-bond donors (Lipinski definition) is 1. The van der Waals surface area contributed by atoms with Crippen LogP contribution in [0.4, 0.5) is 10.2 Å². The number of rotatable bonds is 5. The van der Waals surface area contributed by atoms with Crippen LogP contribution in [0.5, 0.6) is 0 Å². The predicted octanol–water partition coefficient (Wildman–Crippen LogP) is 5.52. The van der Waals surface area contributed by atoms with Crippen LogP contribution in [0, 0.1) is 6.92 Å². The first kappa shape index (κ1) is 19.2. The number of aryl methyl sites for hydroxylation is 1. The number of alkyl halides is 1. The van der Waals surface area contributed by atoms with E-state index in [0.29, 0.717) is 25.1 Å². The molecule has 0 spiro atoms. The molecule has 0 aliphatic carbocycles. The smallest absolute Gasteiger partial charge is 0.138 e. The Morgan fingerprint density at radius 3 is 2.78 bits per heavy atom. The summed E-state index contributed by atoms with van der Waals surface area (Å²) in [5, 5.41) is 4.24. The third kappa shape index (κ3) is 4.38. The first-order valence-electron chi connectivity index (χ1n) is 9.42. The first-order valence-corrected chi connectivity index (χ1v) is 9.42. The van der Waals surface area contributed by atoms with Crippen LogP contribution in [0.25, 0.3) is 16.6 Å². The summed E-state index contributed by atoms with van der Waals surface area (Å²) in [5.74, 6) is 0.847. The van der Waals surface area contributed by atoms with Crippen molar-refractivity contribution in [2.75, 3.05) is 18.0 Å². The lowest BCUT2D eigenvalue weighted by atomic mass is 10.00. The summed E-state index contributed by atoms with van der Waals surface area (Å²) in [5.41, 5.74) is 3.31. The van der Waals surface area contributed by atoms with Gasteiger partial charge < -0.3 is 10.2 Å². The summed E-state index contributed by atoms with van der Waals surface area (Å²) in [4.78, 5) is 7.14. The second kappa shape index (κ2) is 7.55. The Balaban J connectivity index is 2.06. The van der Waals surface area contributed by atoms with Gasteiger partial charge in [0, 0.05) is 35.4 Å². The maximum absolute atomic E-state index is 14.5. The summed E-state index contributed by atoms with van der Waals surface area (Å²) >= 11 is 0. The van der Waals surface area contributed by atoms with E-state index < -0.39 is 5.67 Å². The number of nitrogens with one attached hydrogen (secondary N) is 1. The molecule has 3 nitrogen and oxygen atoms in total. The molecule has 0 saturated carbocycles. The lowest BCUT2D eigenvalue weighted by molar-refractivity contribution is 0.170. The Labute approximate surface area is 161 Å². The number of anilines is 1. The highest BCUT2D eigenvalue weighted by molar-refractivity contribution is 5.87. The third-order valence-corrected chi connectivity index (χ3v) is 5.16. The standard InChI is InChI=1S/C23H28FN3/c1-6-17(3)25-18(4)20-15-19-9-8-16(2)14-21(19)26-22(20)27-12-7-10-23(5,24)11-13-27/h6,8-9,14-15,25H,1,3-4,7,10-13H2,2,5H3. The number of pyridine rings is 1. The zero-order valence-electron chi connectivity index (χ0n) is 16.3. The van der Waals surface area contributed by atoms with Crippen LogP contribution in [0.1, 0.15) is 37.3 Å². The molecule has 0 bridgehead atoms. The van der Waals surface area contributed by atoms with Crippen LogP contribution in [-0.4, -0.2) is 23.7 Å². The number of benzene rings is 1. The summed E-state index contributed by atoms with van der Waals surface area (Å²) < 4.78 is 14.5. The van der Waals surface area contributed by atoms with E-state index in [1.165, 1.54) is 0 Å². The van der Waals surface area contributed by atoms with Crippen molar-refractivity contribution in [1.29, 1.82) is 0 Å². The second-order valence-corrected chi connectivity index (χ2v) is 7.64. The van der Waals surface area contributed by atoms with Crippen LogP contribution in [0.3, 0.4) is 0 Å². The van der Waals surface area contributed by atoms with Gasteiger partial charge in [-0.1, -0.05) is 31.9 Å². The summed E-state index contributed by atoms with van der Waals surface area (Å²) in [6.07, 6.45) is 3.54. The van der Waals surface area contributed by atoms with Gasteiger partial charge in [-0.25, -0.2) is 9.37 Å². The SMILES string of the molecule is C=CC(=C)NC(=C)c1cc2ccc(C)cc2nc1N1CCCC(C)(F)CC1. The number of allylic oxidation sites excluding steroid dienone is 1. The van der Waals surface area contributed by atoms with Gasteiger partial charge in [0.05, 0.1) is 5.52 Å². The molecule has 1 saturated heterocycles. The Morgan fingerprint density at radius 2 is 2.04 bits per heavy atom. The molecule has 4 heteroatoms. The predicted molar refractivity (Wildman–Crippen MR) is 114 cm³/mol. The fraction of sp³-hybridized carbons (Fsp3) is 0.348. The average Bonchev–Trinajstić information content (AvgIpc) is 2.80. The Kier molecular flexibility index (Phi) is 5.36. The van der Waals surface area contributed by atoms with E-state index in [1.807, 2.05) is 0 Å². The van der Waals surface area contributed by atoms with Gasteiger partial charge in [0.1, 0.15) is 11.5 Å². The molecule has 1 aromatic carbocycles. The monoisotopic (exact) mass is 365 g/mol. The van der Waals surface area contributed by atoms with E-state index in [-0.39, 0.29) is 0 Å². The largest absolute Gasteiger partial charge is 0.356 e. The highest BCUT2D eigenvalue weighted by Gasteiger charge is 2.28. The maximum Gasteiger partial charge on any atom is 0.138 e. The molecule has 1 fully saturated rings. The highest BCUT2D eigenvalue weighted by atomic mass is 19.1. The molecule has 1 N–H and O–H groups in total. The lowest BCUT2D eigenvalue weighted by Crippen LogP contribution is -2.28. The molecule has 27 heavy (non-hydrogen) atoms. The molecule has 1 aliphatic heterocycles. The van der Waals surface area contributed by atoms with E-state index >= 15 is 0 Å². The van der Waals surface area contributed by atoms with Gasteiger partial charge in [0.2, 0.25) is 0 Å². The number of aromatic nitrogens is 1. The van der Waals surface area contributed by atoms with E-state index in [4.69, 9.17) is 4.98 Å². The number of nitrogens with zero attached hydrogens (tertiary/aromatic N) is 2. The molecular weight excluding hydrogens is 337 g/mol. The molecular formula is C23H28FN3. The van der Waals surface area contributed by atoms with Crippen molar-refractivity contribution in [3.8, 4) is 0 Å². The van der Waals surface area contributed by atoms with Crippen molar-refractivity contribution in [2.24, 2.45) is 0 Å². The van der Waals surface area contributed by atoms with Crippen molar-refractivity contribution < 1.29 is 4.39 Å². The zero-order valence-corrected chi connectivity index (χ0v) is 16.3. The summed E-state index contributed by atoms with van der Waals surface area (Å²) in [6.45, 7) is 17.0. The van der Waals surface area contributed by atoms with E-state index in [2.05, 4.69) is 61.1 Å². The van der Waals surface area contributed by atoms with Crippen molar-refractivity contribution in [2.45, 2.75) is 38.8 Å². The van der Waals surface area contributed by atoms with Gasteiger partial charge in [-0.3, -0.25) is 0 Å². The van der Waals surface area contributed by atoms with Crippen LogP contribution in [0.2, 0.25) is 0 Å². The molecule has 1 atom stereocenters. The van der Waals surface area contributed by atoms with Gasteiger partial charge in [-0.05, 0) is 56.9 Å². The Bertz CT molecular complexity index is 898. The van der Waals surface area contributed by atoms with E-state index in [0.717, 1.165) is 46.5 Å². The minimum atomic E-state index is -1.12. The van der Waals surface area contributed by atoms with Gasteiger partial charge in [-0.2, -0.15) is 0 Å². The first-order chi connectivity index (χ1) is 12.8. The van der Waals surface area contributed by atoms with E-state index in [1.54, 1.807) is 13.0 Å². The summed E-state index contributed by atoms with van der Waals surface area (Å²) in [7, 11) is 0. The fourth-order valence-electron chi connectivity index (χ4n) is 3.50. The fourth-order valence-corrected chi connectivity index (χ4v) is 3.50. The zero-order chi connectivity index (χ0) is 19.6. The normalized spacial score (nSPS) is 20.2. The van der Waals surface area contributed by atoms with Crippen LogP contribution in [0.15, 0.2) is 55.8 Å². The molecule has 1 aromatic heterocycles. The van der Waals surface area contributed by atoms with Crippen molar-refractivity contribution in [1.82, 2.24) is 10.3 Å². The van der Waals surface area contributed by atoms with Crippen molar-refractivity contribution >= 4 is 22.4 Å². The van der Waals surface area contributed by atoms with E-state index in [9.17, 15) is 4.39 Å². The summed E-state index contributed by atoms with van der Waals surface area (Å²) in [6, 6.07) is 8.33. The number of fused-ring (bicyclic) bond motifs is 1. The topological polar surface area (TPSA) is 28.2 Å². The molecule has 0 radical (unpaired) electrons. The molecule has 0 amide bonds. The van der Waals surface area contributed by atoms with Gasteiger partial charge >= 0.3 is 0 Å². The Morgan fingerprint density at radius 1 is 1.26 bits per heavy atom. The minimum Gasteiger partial charge on any atom is -0.356 e. The average molecular weight is 365 g/mol. The second-order valence-electron chi connectivity index (χ2n) is 7.64. The van der Waals surface area contributed by atoms with Crippen molar-refractivity contribution in [3.63, 3.8) is 0 Å². The van der Waals surface area contributed by atoms with Crippen LogP contribution >= 0.6 is 0 Å². The maximum atomic E-state index is 14.5. The third-order valence-electron chi connectivity index (χ3n) is 5.16. The quantitative estimate of drug-likeness (QED) is 0.707. The highest BCUT2D eigenvalue weighted by Crippen LogP contribution is 2.32. The molecule has 1 unspecified atom stereocenters. The number of halogens is 1. The molecule has 1 aliphatic rings. The molecule has 142 valence electrons. The van der Waals surface area contributed by atoms with Gasteiger partial charge in [-0.15, -0.1) is 0 Å². The number of hydrogen-bond acceptors (Lipinski definition) is 3. The lowest BCUT2D eigenvalue weighted by Gasteiger charge is -2.26. The Hall–Kier alpha value is -2.62. The van der Waals surface area contributed by atoms with Crippen LogP contribution in [-0.2, 0) is 0 Å².